The van der Waals surface area contributed by atoms with Gasteiger partial charge < -0.3 is 5.32 Å². The summed E-state index contributed by atoms with van der Waals surface area (Å²) >= 11 is 1.39. The van der Waals surface area contributed by atoms with Crippen molar-refractivity contribution in [1.82, 2.24) is 14.8 Å². The lowest BCUT2D eigenvalue weighted by Gasteiger charge is -2.03. The molecule has 0 spiro atoms. The number of anilines is 2. The van der Waals surface area contributed by atoms with Crippen LogP contribution in [-0.4, -0.2) is 20.8 Å². The number of benzene rings is 1. The predicted octanol–water partition coefficient (Wildman–Crippen LogP) is 3.34. The average molecular weight is 313 g/mol. The standard InChI is InChI=1S/C15H15N5OS/c1-11-10-22-15(17-11)19-14(21)18-13-7-16-20(9-13)8-12-5-3-2-4-6-12/h2-7,9-10H,8H2,1H3,(H2,17,18,19,21). The Hall–Kier alpha value is -2.67. The smallest absolute Gasteiger partial charge is 0.305 e. The first-order valence-corrected chi connectivity index (χ1v) is 7.63. The van der Waals surface area contributed by atoms with Gasteiger partial charge in [-0.05, 0) is 12.5 Å². The van der Waals surface area contributed by atoms with Crippen molar-refractivity contribution in [3.63, 3.8) is 0 Å². The summed E-state index contributed by atoms with van der Waals surface area (Å²) in [5, 5.41) is 12.1. The highest BCUT2D eigenvalue weighted by Crippen LogP contribution is 2.15. The molecule has 3 rings (SSSR count). The average Bonchev–Trinajstić information content (AvgIpc) is 3.09. The fraction of sp³-hybridized carbons (Fsp3) is 0.133. The topological polar surface area (TPSA) is 71.8 Å². The summed E-state index contributed by atoms with van der Waals surface area (Å²) < 4.78 is 1.78. The van der Waals surface area contributed by atoms with Crippen LogP contribution in [0.4, 0.5) is 15.6 Å². The van der Waals surface area contributed by atoms with E-state index in [-0.39, 0.29) is 6.03 Å². The molecule has 2 amide bonds. The Morgan fingerprint density at radius 3 is 2.82 bits per heavy atom. The molecule has 2 N–H and O–H groups in total. The van der Waals surface area contributed by atoms with E-state index in [2.05, 4.69) is 20.7 Å². The summed E-state index contributed by atoms with van der Waals surface area (Å²) in [6.07, 6.45) is 3.41. The van der Waals surface area contributed by atoms with Crippen LogP contribution in [0, 0.1) is 6.92 Å². The second kappa shape index (κ2) is 6.40. The number of aryl methyl sites for hydroxylation is 1. The Balaban J connectivity index is 1.58. The van der Waals surface area contributed by atoms with Gasteiger partial charge in [-0.25, -0.2) is 9.78 Å². The van der Waals surface area contributed by atoms with Crippen LogP contribution in [0.15, 0.2) is 48.1 Å². The van der Waals surface area contributed by atoms with Gasteiger partial charge in [0.15, 0.2) is 5.13 Å². The Morgan fingerprint density at radius 2 is 2.09 bits per heavy atom. The van der Waals surface area contributed by atoms with E-state index in [1.807, 2.05) is 42.6 Å². The van der Waals surface area contributed by atoms with Crippen LogP contribution in [0.1, 0.15) is 11.3 Å². The third-order valence-electron chi connectivity index (χ3n) is 2.92. The molecule has 0 bridgehead atoms. The van der Waals surface area contributed by atoms with E-state index in [9.17, 15) is 4.79 Å². The third kappa shape index (κ3) is 3.70. The molecule has 3 aromatic rings. The molecular weight excluding hydrogens is 298 g/mol. The Bertz CT molecular complexity index is 765. The molecule has 0 unspecified atom stereocenters. The van der Waals surface area contributed by atoms with Gasteiger partial charge in [0, 0.05) is 11.6 Å². The quantitative estimate of drug-likeness (QED) is 0.776. The van der Waals surface area contributed by atoms with Crippen molar-refractivity contribution in [2.45, 2.75) is 13.5 Å². The molecule has 112 valence electrons. The van der Waals surface area contributed by atoms with Crippen LogP contribution >= 0.6 is 11.3 Å². The largest absolute Gasteiger partial charge is 0.325 e. The third-order valence-corrected chi connectivity index (χ3v) is 3.79. The number of hydrogen-bond acceptors (Lipinski definition) is 4. The molecule has 0 radical (unpaired) electrons. The molecule has 0 atom stereocenters. The van der Waals surface area contributed by atoms with E-state index in [0.29, 0.717) is 17.4 Å². The number of nitrogens with zero attached hydrogens (tertiary/aromatic N) is 3. The number of hydrogen-bond donors (Lipinski definition) is 2. The highest BCUT2D eigenvalue weighted by molar-refractivity contribution is 7.13. The van der Waals surface area contributed by atoms with Gasteiger partial charge in [0.2, 0.25) is 0 Å². The first-order valence-electron chi connectivity index (χ1n) is 6.75. The normalized spacial score (nSPS) is 10.4. The van der Waals surface area contributed by atoms with Crippen molar-refractivity contribution in [2.75, 3.05) is 10.6 Å². The molecule has 6 nitrogen and oxygen atoms in total. The summed E-state index contributed by atoms with van der Waals surface area (Å²) in [6.45, 7) is 2.54. The fourth-order valence-corrected chi connectivity index (χ4v) is 2.64. The highest BCUT2D eigenvalue weighted by Gasteiger charge is 2.07. The Kier molecular flexibility index (Phi) is 4.15. The molecule has 0 aliphatic carbocycles. The molecule has 0 aliphatic rings. The lowest BCUT2D eigenvalue weighted by molar-refractivity contribution is 0.262. The lowest BCUT2D eigenvalue weighted by Crippen LogP contribution is -2.19. The van der Waals surface area contributed by atoms with Crippen molar-refractivity contribution in [3.8, 4) is 0 Å². The van der Waals surface area contributed by atoms with Crippen LogP contribution in [0.25, 0.3) is 0 Å². The van der Waals surface area contributed by atoms with Crippen molar-refractivity contribution in [2.24, 2.45) is 0 Å². The van der Waals surface area contributed by atoms with Gasteiger partial charge in [-0.3, -0.25) is 10.00 Å². The van der Waals surface area contributed by atoms with Crippen LogP contribution in [0.2, 0.25) is 0 Å². The molecule has 0 saturated carbocycles. The van der Waals surface area contributed by atoms with Crippen molar-refractivity contribution < 1.29 is 4.79 Å². The number of carbonyl (C=O) groups excluding carboxylic acids is 1. The Morgan fingerprint density at radius 1 is 1.27 bits per heavy atom. The van der Waals surface area contributed by atoms with Crippen LogP contribution in [-0.2, 0) is 6.54 Å². The zero-order valence-electron chi connectivity index (χ0n) is 12.0. The first kappa shape index (κ1) is 14.3. The number of carbonyl (C=O) groups is 1. The molecule has 0 fully saturated rings. The Labute approximate surface area is 131 Å². The van der Waals surface area contributed by atoms with Crippen LogP contribution < -0.4 is 10.6 Å². The number of aromatic nitrogens is 3. The van der Waals surface area contributed by atoms with Crippen LogP contribution in [0.5, 0.6) is 0 Å². The number of nitrogens with one attached hydrogen (secondary N) is 2. The second-order valence-corrected chi connectivity index (χ2v) is 5.64. The van der Waals surface area contributed by atoms with Crippen molar-refractivity contribution >= 4 is 28.2 Å². The van der Waals surface area contributed by atoms with Crippen LogP contribution in [0.3, 0.4) is 0 Å². The first-order chi connectivity index (χ1) is 10.7. The number of amides is 2. The van der Waals surface area contributed by atoms with Gasteiger partial charge in [0.1, 0.15) is 0 Å². The summed E-state index contributed by atoms with van der Waals surface area (Å²) in [7, 11) is 0. The fourth-order valence-electron chi connectivity index (χ4n) is 1.96. The molecule has 1 aromatic carbocycles. The minimum atomic E-state index is -0.325. The van der Waals surface area contributed by atoms with Gasteiger partial charge >= 0.3 is 6.03 Å². The minimum absolute atomic E-state index is 0.325. The lowest BCUT2D eigenvalue weighted by atomic mass is 10.2. The second-order valence-electron chi connectivity index (χ2n) is 4.79. The zero-order valence-corrected chi connectivity index (χ0v) is 12.8. The van der Waals surface area contributed by atoms with E-state index in [1.54, 1.807) is 17.1 Å². The van der Waals surface area contributed by atoms with E-state index in [0.717, 1.165) is 11.3 Å². The summed E-state index contributed by atoms with van der Waals surface area (Å²) in [4.78, 5) is 16.0. The van der Waals surface area contributed by atoms with E-state index >= 15 is 0 Å². The predicted molar refractivity (Wildman–Crippen MR) is 87.3 cm³/mol. The highest BCUT2D eigenvalue weighted by atomic mass is 32.1. The van der Waals surface area contributed by atoms with E-state index in [1.165, 1.54) is 11.3 Å². The number of rotatable bonds is 4. The minimum Gasteiger partial charge on any atom is -0.305 e. The number of thiazole rings is 1. The van der Waals surface area contributed by atoms with E-state index < -0.39 is 0 Å². The summed E-state index contributed by atoms with van der Waals surface area (Å²) in [5.41, 5.74) is 2.68. The molecule has 2 aromatic heterocycles. The molecule has 0 aliphatic heterocycles. The van der Waals surface area contributed by atoms with Gasteiger partial charge in [-0.1, -0.05) is 30.3 Å². The molecule has 0 saturated heterocycles. The SMILES string of the molecule is Cc1csc(NC(=O)Nc2cnn(Cc3ccccc3)c2)n1. The monoisotopic (exact) mass is 313 g/mol. The molecular formula is C15H15N5OS. The van der Waals surface area contributed by atoms with Gasteiger partial charge in [0.25, 0.3) is 0 Å². The molecule has 2 heterocycles. The maximum Gasteiger partial charge on any atom is 0.325 e. The zero-order chi connectivity index (χ0) is 15.4. The maximum atomic E-state index is 11.9. The maximum absolute atomic E-state index is 11.9. The van der Waals surface area contributed by atoms with E-state index in [4.69, 9.17) is 0 Å². The molecule has 22 heavy (non-hydrogen) atoms. The van der Waals surface area contributed by atoms with Gasteiger partial charge in [-0.15, -0.1) is 11.3 Å². The molecule has 7 heteroatoms. The van der Waals surface area contributed by atoms with Crippen molar-refractivity contribution in [1.29, 1.82) is 0 Å². The van der Waals surface area contributed by atoms with Gasteiger partial charge in [-0.2, -0.15) is 5.10 Å². The summed E-state index contributed by atoms with van der Waals surface area (Å²) in [5.74, 6) is 0. The summed E-state index contributed by atoms with van der Waals surface area (Å²) in [6, 6.07) is 9.69. The van der Waals surface area contributed by atoms with Gasteiger partial charge in [0.05, 0.1) is 24.1 Å². The van der Waals surface area contributed by atoms with Crippen molar-refractivity contribution in [3.05, 3.63) is 59.4 Å². The number of urea groups is 1.